The van der Waals surface area contributed by atoms with Crippen molar-refractivity contribution < 1.29 is 4.39 Å². The minimum Gasteiger partial charge on any atom is -0.338 e. The number of benzene rings is 1. The Hall–Kier alpha value is -3.33. The molecule has 2 fully saturated rings. The van der Waals surface area contributed by atoms with Crippen molar-refractivity contribution in [2.75, 3.05) is 43.4 Å². The molecule has 0 atom stereocenters. The van der Waals surface area contributed by atoms with Crippen molar-refractivity contribution in [1.29, 1.82) is 0 Å². The Bertz CT molecular complexity index is 1080. The smallest absolute Gasteiger partial charge is 0.233 e. The number of halogens is 1. The summed E-state index contributed by atoms with van der Waals surface area (Å²) in [5.41, 5.74) is 1.89. The molecule has 1 saturated carbocycles. The lowest BCUT2D eigenvalue weighted by molar-refractivity contribution is 0.311. The summed E-state index contributed by atoms with van der Waals surface area (Å²) in [4.78, 5) is 18.3. The minimum atomic E-state index is -0.275. The first-order valence-electron chi connectivity index (χ1n) is 10.6. The zero-order chi connectivity index (χ0) is 21.2. The lowest BCUT2D eigenvalue weighted by Crippen LogP contribution is -2.45. The van der Waals surface area contributed by atoms with Gasteiger partial charge in [-0.15, -0.1) is 0 Å². The Labute approximate surface area is 180 Å². The molecule has 2 N–H and O–H groups in total. The number of hydrogen-bond acceptors (Lipinski definition) is 7. The molecule has 0 spiro atoms. The molecule has 3 heterocycles. The van der Waals surface area contributed by atoms with E-state index in [-0.39, 0.29) is 5.82 Å². The number of nitrogens with one attached hydrogen (secondary N) is 2. The monoisotopic (exact) mass is 420 g/mol. The molecule has 2 aliphatic rings. The number of aromatic nitrogens is 5. The van der Waals surface area contributed by atoms with Gasteiger partial charge in [0, 0.05) is 43.9 Å². The Morgan fingerprint density at radius 3 is 2.68 bits per heavy atom. The fourth-order valence-electron chi connectivity index (χ4n) is 3.56. The van der Waals surface area contributed by atoms with Gasteiger partial charge in [0.25, 0.3) is 0 Å². The van der Waals surface area contributed by atoms with E-state index in [1.807, 2.05) is 12.1 Å². The second-order valence-electron chi connectivity index (χ2n) is 8.10. The van der Waals surface area contributed by atoms with Gasteiger partial charge in [-0.3, -0.25) is 5.10 Å². The molecule has 1 aliphatic heterocycles. The highest BCUT2D eigenvalue weighted by molar-refractivity contribution is 5.67. The number of H-pyrrole nitrogens is 1. The molecule has 0 bridgehead atoms. The van der Waals surface area contributed by atoms with Gasteiger partial charge in [0.15, 0.2) is 11.6 Å². The first-order valence-corrected chi connectivity index (χ1v) is 10.6. The summed E-state index contributed by atoms with van der Waals surface area (Å²) in [5, 5.41) is 10.6. The highest BCUT2D eigenvalue weighted by atomic mass is 19.1. The van der Waals surface area contributed by atoms with Gasteiger partial charge in [-0.2, -0.15) is 20.1 Å². The lowest BCUT2D eigenvalue weighted by atomic mass is 10.2. The summed E-state index contributed by atoms with van der Waals surface area (Å²) in [7, 11) is 2.11. The van der Waals surface area contributed by atoms with E-state index in [0.717, 1.165) is 37.4 Å². The topological polar surface area (TPSA) is 85.9 Å². The maximum atomic E-state index is 13.5. The van der Waals surface area contributed by atoms with Crippen molar-refractivity contribution in [2.45, 2.75) is 18.8 Å². The summed E-state index contributed by atoms with van der Waals surface area (Å²) >= 11 is 0. The summed E-state index contributed by atoms with van der Waals surface area (Å²) in [6.45, 7) is 3.60. The molecule has 8 nitrogen and oxygen atoms in total. The van der Waals surface area contributed by atoms with E-state index in [2.05, 4.69) is 47.3 Å². The average Bonchev–Trinajstić information content (AvgIpc) is 3.52. The predicted molar refractivity (Wildman–Crippen MR) is 119 cm³/mol. The molecular weight excluding hydrogens is 395 g/mol. The van der Waals surface area contributed by atoms with Crippen molar-refractivity contribution in [3.8, 4) is 0 Å². The van der Waals surface area contributed by atoms with Gasteiger partial charge < -0.3 is 15.1 Å². The van der Waals surface area contributed by atoms with E-state index in [9.17, 15) is 4.39 Å². The van der Waals surface area contributed by atoms with E-state index >= 15 is 0 Å². The summed E-state index contributed by atoms with van der Waals surface area (Å²) < 4.78 is 13.5. The van der Waals surface area contributed by atoms with E-state index in [0.29, 0.717) is 29.5 Å². The minimum absolute atomic E-state index is 0.275. The van der Waals surface area contributed by atoms with Crippen LogP contribution in [0.1, 0.15) is 35.8 Å². The van der Waals surface area contributed by atoms with Crippen molar-refractivity contribution in [2.24, 2.45) is 0 Å². The lowest BCUT2D eigenvalue weighted by Gasteiger charge is -2.32. The third-order valence-corrected chi connectivity index (χ3v) is 5.56. The zero-order valence-electron chi connectivity index (χ0n) is 17.4. The Morgan fingerprint density at radius 1 is 1.06 bits per heavy atom. The van der Waals surface area contributed by atoms with E-state index in [1.54, 1.807) is 18.2 Å². The molecule has 1 aliphatic carbocycles. The SMILES string of the molecule is CN1CCN(c2nc(/C=C/c3cccc(F)c3)nc(Nc3cc(C4CC4)[nH]n3)n2)CC1. The third kappa shape index (κ3) is 4.88. The molecule has 0 radical (unpaired) electrons. The Balaban J connectivity index is 1.42. The quantitative estimate of drug-likeness (QED) is 0.633. The van der Waals surface area contributed by atoms with Crippen LogP contribution in [0.15, 0.2) is 30.3 Å². The predicted octanol–water partition coefficient (Wildman–Crippen LogP) is 3.28. The van der Waals surface area contributed by atoms with Gasteiger partial charge in [-0.25, -0.2) is 4.39 Å². The number of likely N-dealkylation sites (N-methyl/N-ethyl adjacent to an activating group) is 1. The maximum absolute atomic E-state index is 13.5. The molecule has 0 amide bonds. The Morgan fingerprint density at radius 2 is 1.90 bits per heavy atom. The van der Waals surface area contributed by atoms with Crippen molar-refractivity contribution in [3.05, 3.63) is 53.2 Å². The highest BCUT2D eigenvalue weighted by Crippen LogP contribution is 2.39. The van der Waals surface area contributed by atoms with Crippen molar-refractivity contribution >= 4 is 29.9 Å². The number of hydrogen-bond donors (Lipinski definition) is 2. The summed E-state index contributed by atoms with van der Waals surface area (Å²) in [5.74, 6) is 2.58. The number of anilines is 3. The van der Waals surface area contributed by atoms with Gasteiger partial charge in [0.05, 0.1) is 0 Å². The number of aromatic amines is 1. The van der Waals surface area contributed by atoms with Gasteiger partial charge >= 0.3 is 0 Å². The molecule has 9 heteroatoms. The van der Waals surface area contributed by atoms with Crippen LogP contribution >= 0.6 is 0 Å². The maximum Gasteiger partial charge on any atom is 0.233 e. The second kappa shape index (κ2) is 8.43. The first-order chi connectivity index (χ1) is 15.1. The molecule has 31 heavy (non-hydrogen) atoms. The van der Waals surface area contributed by atoms with Crippen LogP contribution in [0.5, 0.6) is 0 Å². The van der Waals surface area contributed by atoms with Crippen LogP contribution in [0.3, 0.4) is 0 Å². The van der Waals surface area contributed by atoms with Crippen LogP contribution in [0, 0.1) is 5.82 Å². The molecular formula is C22H25FN8. The number of nitrogens with zero attached hydrogens (tertiary/aromatic N) is 6. The van der Waals surface area contributed by atoms with Gasteiger partial charge in [0.2, 0.25) is 11.9 Å². The fourth-order valence-corrected chi connectivity index (χ4v) is 3.56. The highest BCUT2D eigenvalue weighted by Gasteiger charge is 2.25. The molecule has 2 aromatic heterocycles. The Kier molecular flexibility index (Phi) is 5.33. The van der Waals surface area contributed by atoms with Crippen LogP contribution in [0.2, 0.25) is 0 Å². The van der Waals surface area contributed by atoms with Gasteiger partial charge in [-0.1, -0.05) is 18.2 Å². The molecule has 1 saturated heterocycles. The van der Waals surface area contributed by atoms with E-state index < -0.39 is 0 Å². The van der Waals surface area contributed by atoms with Gasteiger partial charge in [0.1, 0.15) is 5.82 Å². The van der Waals surface area contributed by atoms with Crippen LogP contribution in [0.25, 0.3) is 12.2 Å². The van der Waals surface area contributed by atoms with Crippen LogP contribution in [-0.2, 0) is 0 Å². The molecule has 0 unspecified atom stereocenters. The number of rotatable bonds is 6. The standard InChI is InChI=1S/C22H25FN8/c1-30-9-11-31(12-10-30)22-26-19(8-5-15-3-2-4-17(23)13-15)24-21(27-22)25-20-14-18(28-29-20)16-6-7-16/h2-5,8,13-14,16H,6-7,9-12H2,1H3,(H2,24,25,26,27,28,29)/b8-5+. The van der Waals surface area contributed by atoms with E-state index in [4.69, 9.17) is 0 Å². The van der Waals surface area contributed by atoms with Crippen LogP contribution < -0.4 is 10.2 Å². The van der Waals surface area contributed by atoms with Crippen molar-refractivity contribution in [1.82, 2.24) is 30.0 Å². The zero-order valence-corrected chi connectivity index (χ0v) is 17.4. The van der Waals surface area contributed by atoms with Crippen LogP contribution in [-0.4, -0.2) is 63.3 Å². The molecule has 1 aromatic carbocycles. The largest absolute Gasteiger partial charge is 0.338 e. The molecule has 5 rings (SSSR count). The number of piperazine rings is 1. The first kappa shape index (κ1) is 19.6. The van der Waals surface area contributed by atoms with Crippen molar-refractivity contribution in [3.63, 3.8) is 0 Å². The van der Waals surface area contributed by atoms with Gasteiger partial charge in [-0.05, 0) is 43.7 Å². The normalized spacial score (nSPS) is 17.4. The summed E-state index contributed by atoms with van der Waals surface area (Å²) in [6, 6.07) is 8.43. The van der Waals surface area contributed by atoms with E-state index in [1.165, 1.54) is 25.0 Å². The molecule has 160 valence electrons. The average molecular weight is 420 g/mol. The second-order valence-corrected chi connectivity index (χ2v) is 8.10. The third-order valence-electron chi connectivity index (χ3n) is 5.56. The summed E-state index contributed by atoms with van der Waals surface area (Å²) in [6.07, 6.45) is 5.99. The fraction of sp³-hybridized carbons (Fsp3) is 0.364. The molecule has 3 aromatic rings. The van der Waals surface area contributed by atoms with Crippen LogP contribution in [0.4, 0.5) is 22.1 Å².